The van der Waals surface area contributed by atoms with E-state index in [1.807, 2.05) is 0 Å². The summed E-state index contributed by atoms with van der Waals surface area (Å²) in [6.07, 6.45) is 4.81. The lowest BCUT2D eigenvalue weighted by molar-refractivity contribution is -0.126. The van der Waals surface area contributed by atoms with Gasteiger partial charge in [0, 0.05) is 6.54 Å². The fraction of sp³-hybridized carbons (Fsp3) is 0.769. The second-order valence-corrected chi connectivity index (χ2v) is 5.38. The van der Waals surface area contributed by atoms with Crippen LogP contribution in [0.2, 0.25) is 0 Å². The number of hydrogen-bond donors (Lipinski definition) is 1. The smallest absolute Gasteiger partial charge is 0.236 e. The van der Waals surface area contributed by atoms with Gasteiger partial charge in [-0.05, 0) is 32.4 Å². The van der Waals surface area contributed by atoms with Crippen molar-refractivity contribution >= 4 is 18.5 Å². The zero-order valence-corrected chi connectivity index (χ0v) is 11.1. The van der Waals surface area contributed by atoms with Crippen LogP contribution in [0, 0.1) is 11.8 Å². The first kappa shape index (κ1) is 12.8. The molecule has 2 aliphatic heterocycles. The molecule has 94 valence electrons. The molecule has 0 bridgehead atoms. The molecule has 0 aromatic carbocycles. The van der Waals surface area contributed by atoms with Gasteiger partial charge in [-0.2, -0.15) is 12.6 Å². The van der Waals surface area contributed by atoms with Crippen LogP contribution >= 0.6 is 12.6 Å². The number of piperidine rings is 1. The Balaban J connectivity index is 1.69. The third-order valence-corrected chi connectivity index (χ3v) is 3.89. The van der Waals surface area contributed by atoms with Crippen molar-refractivity contribution in [3.05, 3.63) is 0 Å². The number of amides is 1. The molecule has 3 nitrogen and oxygen atoms in total. The number of rotatable bonds is 2. The van der Waals surface area contributed by atoms with E-state index in [0.29, 0.717) is 6.54 Å². The number of carbonyl (C=O) groups excluding carboxylic acids is 1. The molecule has 2 rings (SSSR count). The molecule has 4 heteroatoms. The summed E-state index contributed by atoms with van der Waals surface area (Å²) >= 11 is 4.23. The first-order chi connectivity index (χ1) is 8.27. The average molecular weight is 252 g/mol. The van der Waals surface area contributed by atoms with E-state index in [9.17, 15) is 4.79 Å². The second-order valence-electron chi connectivity index (χ2n) is 4.75. The van der Waals surface area contributed by atoms with Crippen LogP contribution in [0.15, 0.2) is 0 Å². The Morgan fingerprint density at radius 3 is 2.47 bits per heavy atom. The maximum atomic E-state index is 11.6. The van der Waals surface area contributed by atoms with Gasteiger partial charge in [0.2, 0.25) is 5.91 Å². The molecule has 2 aliphatic rings. The molecule has 0 aromatic rings. The molecule has 0 aliphatic carbocycles. The van der Waals surface area contributed by atoms with Gasteiger partial charge in [-0.1, -0.05) is 18.3 Å². The Labute approximate surface area is 109 Å². The first-order valence-electron chi connectivity index (χ1n) is 6.42. The normalized spacial score (nSPS) is 25.8. The van der Waals surface area contributed by atoms with Crippen molar-refractivity contribution in [1.29, 1.82) is 0 Å². The van der Waals surface area contributed by atoms with Gasteiger partial charge in [0.05, 0.1) is 18.3 Å². The molecule has 0 N–H and O–H groups in total. The van der Waals surface area contributed by atoms with Gasteiger partial charge in [-0.3, -0.25) is 9.69 Å². The standard InChI is InChI=1S/C13H20N2OS/c16-13-12(17)6-11-15(13)10-5-4-9-14-7-2-1-3-8-14/h12,17H,1-3,6-11H2/t12-/m1/s1. The predicted octanol–water partition coefficient (Wildman–Crippen LogP) is 1.01. The highest BCUT2D eigenvalue weighted by molar-refractivity contribution is 7.81. The molecular weight excluding hydrogens is 232 g/mol. The summed E-state index contributed by atoms with van der Waals surface area (Å²) in [6, 6.07) is 0. The Hall–Kier alpha value is -0.660. The minimum atomic E-state index is -0.0982. The van der Waals surface area contributed by atoms with E-state index in [4.69, 9.17) is 0 Å². The summed E-state index contributed by atoms with van der Waals surface area (Å²) in [4.78, 5) is 15.8. The average Bonchev–Trinajstić information content (AvgIpc) is 2.67. The van der Waals surface area contributed by atoms with Crippen LogP contribution in [-0.4, -0.2) is 53.7 Å². The van der Waals surface area contributed by atoms with E-state index in [-0.39, 0.29) is 11.2 Å². The molecule has 0 spiro atoms. The van der Waals surface area contributed by atoms with E-state index < -0.39 is 0 Å². The molecule has 0 unspecified atom stereocenters. The van der Waals surface area contributed by atoms with E-state index in [1.54, 1.807) is 4.90 Å². The molecule has 17 heavy (non-hydrogen) atoms. The summed E-state index contributed by atoms with van der Waals surface area (Å²) in [5, 5.41) is -0.0982. The van der Waals surface area contributed by atoms with Gasteiger partial charge in [-0.15, -0.1) is 0 Å². The summed E-state index contributed by atoms with van der Waals surface area (Å²) in [6.45, 7) is 4.59. The zero-order valence-electron chi connectivity index (χ0n) is 10.2. The predicted molar refractivity (Wildman–Crippen MR) is 72.0 cm³/mol. The molecule has 0 radical (unpaired) electrons. The maximum Gasteiger partial charge on any atom is 0.236 e. The van der Waals surface area contributed by atoms with E-state index >= 15 is 0 Å². The second kappa shape index (κ2) is 6.32. The number of thiol groups is 1. The quantitative estimate of drug-likeness (QED) is 0.585. The third-order valence-electron chi connectivity index (χ3n) is 3.42. The van der Waals surface area contributed by atoms with Crippen LogP contribution in [-0.2, 0) is 4.79 Å². The van der Waals surface area contributed by atoms with Crippen LogP contribution in [0.3, 0.4) is 0 Å². The van der Waals surface area contributed by atoms with Crippen molar-refractivity contribution in [2.45, 2.75) is 30.9 Å². The first-order valence-corrected chi connectivity index (χ1v) is 6.94. The Kier molecular flexibility index (Phi) is 4.75. The van der Waals surface area contributed by atoms with Crippen molar-refractivity contribution in [3.63, 3.8) is 0 Å². The Morgan fingerprint density at radius 1 is 1.12 bits per heavy atom. The summed E-state index contributed by atoms with van der Waals surface area (Å²) in [5.41, 5.74) is 0. The van der Waals surface area contributed by atoms with Gasteiger partial charge < -0.3 is 4.90 Å². The minimum absolute atomic E-state index is 0.0982. The van der Waals surface area contributed by atoms with E-state index in [1.165, 1.54) is 32.4 Å². The number of likely N-dealkylation sites (tertiary alicyclic amines) is 2. The third kappa shape index (κ3) is 3.65. The summed E-state index contributed by atoms with van der Waals surface area (Å²) in [5.74, 6) is 6.42. The molecule has 0 aromatic heterocycles. The lowest BCUT2D eigenvalue weighted by atomic mass is 10.1. The number of carbonyl (C=O) groups is 1. The molecule has 0 saturated carbocycles. The van der Waals surface area contributed by atoms with Gasteiger partial charge in [0.15, 0.2) is 0 Å². The van der Waals surface area contributed by atoms with Crippen LogP contribution in [0.1, 0.15) is 25.7 Å². The minimum Gasteiger partial charge on any atom is -0.331 e. The summed E-state index contributed by atoms with van der Waals surface area (Å²) < 4.78 is 0. The van der Waals surface area contributed by atoms with Gasteiger partial charge in [-0.25, -0.2) is 0 Å². The van der Waals surface area contributed by atoms with E-state index in [0.717, 1.165) is 19.5 Å². The zero-order chi connectivity index (χ0) is 12.1. The molecule has 2 saturated heterocycles. The van der Waals surface area contributed by atoms with Gasteiger partial charge in [0.25, 0.3) is 0 Å². The van der Waals surface area contributed by atoms with E-state index in [2.05, 4.69) is 29.4 Å². The highest BCUT2D eigenvalue weighted by Gasteiger charge is 2.27. The largest absolute Gasteiger partial charge is 0.331 e. The fourth-order valence-corrected chi connectivity index (χ4v) is 2.59. The van der Waals surface area contributed by atoms with Crippen LogP contribution in [0.4, 0.5) is 0 Å². The molecule has 1 atom stereocenters. The van der Waals surface area contributed by atoms with Crippen molar-refractivity contribution in [2.75, 3.05) is 32.7 Å². The lowest BCUT2D eigenvalue weighted by Gasteiger charge is -2.23. The topological polar surface area (TPSA) is 23.6 Å². The van der Waals surface area contributed by atoms with Crippen molar-refractivity contribution < 1.29 is 4.79 Å². The van der Waals surface area contributed by atoms with Crippen molar-refractivity contribution in [3.8, 4) is 11.8 Å². The van der Waals surface area contributed by atoms with Gasteiger partial charge >= 0.3 is 0 Å². The van der Waals surface area contributed by atoms with Crippen LogP contribution in [0.25, 0.3) is 0 Å². The Bertz CT molecular complexity index is 328. The fourth-order valence-electron chi connectivity index (χ4n) is 2.32. The molecule has 2 heterocycles. The monoisotopic (exact) mass is 252 g/mol. The highest BCUT2D eigenvalue weighted by atomic mass is 32.1. The van der Waals surface area contributed by atoms with Crippen LogP contribution < -0.4 is 0 Å². The number of hydrogen-bond acceptors (Lipinski definition) is 3. The molecule has 1 amide bonds. The lowest BCUT2D eigenvalue weighted by Crippen LogP contribution is -2.30. The summed E-state index contributed by atoms with van der Waals surface area (Å²) in [7, 11) is 0. The molecular formula is C13H20N2OS. The highest BCUT2D eigenvalue weighted by Crippen LogP contribution is 2.15. The molecule has 2 fully saturated rings. The Morgan fingerprint density at radius 2 is 1.82 bits per heavy atom. The van der Waals surface area contributed by atoms with Gasteiger partial charge in [0.1, 0.15) is 0 Å². The maximum absolute atomic E-state index is 11.6. The van der Waals surface area contributed by atoms with Crippen molar-refractivity contribution in [2.24, 2.45) is 0 Å². The van der Waals surface area contributed by atoms with Crippen molar-refractivity contribution in [1.82, 2.24) is 9.80 Å². The SMILES string of the molecule is O=C1[C@H](S)CCN1CC#CCN1CCCCC1. The van der Waals surface area contributed by atoms with Crippen LogP contribution in [0.5, 0.6) is 0 Å². The number of nitrogens with zero attached hydrogens (tertiary/aromatic N) is 2.